The minimum Gasteiger partial charge on any atom is -0.496 e. The van der Waals surface area contributed by atoms with Gasteiger partial charge < -0.3 is 14.2 Å². The quantitative estimate of drug-likeness (QED) is 0.335. The second kappa shape index (κ2) is 11.0. The molecular weight excluding hydrogens is 392 g/mol. The maximum atomic E-state index is 13.3. The number of benzene rings is 3. The van der Waals surface area contributed by atoms with Crippen LogP contribution in [-0.2, 0) is 16.1 Å². The highest BCUT2D eigenvalue weighted by Crippen LogP contribution is 2.28. The summed E-state index contributed by atoms with van der Waals surface area (Å²) in [6.45, 7) is 0.326. The number of para-hydroxylation sites is 1. The predicted molar refractivity (Wildman–Crippen MR) is 119 cm³/mol. The summed E-state index contributed by atoms with van der Waals surface area (Å²) in [6.07, 6.45) is 0.549. The summed E-state index contributed by atoms with van der Waals surface area (Å²) in [5.74, 6) is 0.517. The molecular formula is C26H26O5. The third kappa shape index (κ3) is 5.95. The molecule has 160 valence electrons. The third-order valence-electron chi connectivity index (χ3n) is 5.09. The Balaban J connectivity index is 1.78. The molecule has 1 unspecified atom stereocenters. The van der Waals surface area contributed by atoms with Crippen molar-refractivity contribution in [3.63, 3.8) is 0 Å². The third-order valence-corrected chi connectivity index (χ3v) is 5.09. The van der Waals surface area contributed by atoms with Crippen LogP contribution in [-0.4, -0.2) is 26.0 Å². The van der Waals surface area contributed by atoms with Gasteiger partial charge in [-0.15, -0.1) is 0 Å². The van der Waals surface area contributed by atoms with Crippen molar-refractivity contribution >= 4 is 11.8 Å². The zero-order valence-corrected chi connectivity index (χ0v) is 17.7. The van der Waals surface area contributed by atoms with E-state index in [0.717, 1.165) is 16.9 Å². The monoisotopic (exact) mass is 418 g/mol. The fraction of sp³-hybridized carbons (Fsp3) is 0.231. The molecule has 0 fully saturated rings. The minimum atomic E-state index is -0.440. The Hall–Kier alpha value is -3.60. The van der Waals surface area contributed by atoms with Crippen LogP contribution in [0.1, 0.15) is 40.2 Å². The largest absolute Gasteiger partial charge is 0.496 e. The Morgan fingerprint density at radius 2 is 1.61 bits per heavy atom. The van der Waals surface area contributed by atoms with Gasteiger partial charge in [0.15, 0.2) is 5.78 Å². The van der Waals surface area contributed by atoms with Crippen molar-refractivity contribution in [1.82, 2.24) is 0 Å². The van der Waals surface area contributed by atoms with Crippen LogP contribution < -0.4 is 9.47 Å². The molecule has 0 aromatic heterocycles. The van der Waals surface area contributed by atoms with Gasteiger partial charge in [0.2, 0.25) is 0 Å². The maximum absolute atomic E-state index is 13.3. The molecule has 5 heteroatoms. The molecule has 3 aromatic carbocycles. The molecule has 0 aliphatic carbocycles. The van der Waals surface area contributed by atoms with Gasteiger partial charge in [0.1, 0.15) is 18.1 Å². The van der Waals surface area contributed by atoms with Gasteiger partial charge in [0.05, 0.1) is 14.2 Å². The average Bonchev–Trinajstić information content (AvgIpc) is 2.83. The van der Waals surface area contributed by atoms with E-state index in [9.17, 15) is 9.59 Å². The Morgan fingerprint density at radius 1 is 0.871 bits per heavy atom. The van der Waals surface area contributed by atoms with Crippen molar-refractivity contribution in [3.8, 4) is 11.5 Å². The molecule has 0 aliphatic heterocycles. The van der Waals surface area contributed by atoms with Crippen molar-refractivity contribution in [3.05, 3.63) is 95.6 Å². The van der Waals surface area contributed by atoms with E-state index in [1.165, 1.54) is 7.11 Å². The summed E-state index contributed by atoms with van der Waals surface area (Å²) in [4.78, 5) is 25.0. The van der Waals surface area contributed by atoms with Crippen LogP contribution in [0.5, 0.6) is 11.5 Å². The minimum absolute atomic E-state index is 0.0576. The highest BCUT2D eigenvalue weighted by molar-refractivity contribution is 6.01. The number of ketones is 1. The summed E-state index contributed by atoms with van der Waals surface area (Å²) in [7, 11) is 2.97. The van der Waals surface area contributed by atoms with Crippen molar-refractivity contribution in [2.45, 2.75) is 25.4 Å². The fourth-order valence-electron chi connectivity index (χ4n) is 3.42. The number of Topliss-reactive ketones (excluding diaryl/α,β-unsaturated/α-hetero) is 1. The molecule has 31 heavy (non-hydrogen) atoms. The molecule has 0 spiro atoms. The number of ether oxygens (including phenoxy) is 3. The lowest BCUT2D eigenvalue weighted by molar-refractivity contribution is -0.140. The summed E-state index contributed by atoms with van der Waals surface area (Å²) in [5.41, 5.74) is 2.33. The number of hydrogen-bond donors (Lipinski definition) is 0. The number of carbonyl (C=O) groups excluding carboxylic acids is 2. The Morgan fingerprint density at radius 3 is 2.35 bits per heavy atom. The van der Waals surface area contributed by atoms with Crippen LogP contribution in [0.25, 0.3) is 0 Å². The van der Waals surface area contributed by atoms with E-state index >= 15 is 0 Å². The zero-order valence-electron chi connectivity index (χ0n) is 17.7. The number of rotatable bonds is 10. The normalized spacial score (nSPS) is 11.4. The fourth-order valence-corrected chi connectivity index (χ4v) is 3.42. The molecule has 0 radical (unpaired) electrons. The summed E-state index contributed by atoms with van der Waals surface area (Å²) >= 11 is 0. The van der Waals surface area contributed by atoms with Crippen molar-refractivity contribution in [2.75, 3.05) is 14.2 Å². The summed E-state index contributed by atoms with van der Waals surface area (Å²) in [5, 5.41) is 0. The lowest BCUT2D eigenvalue weighted by Gasteiger charge is -2.17. The van der Waals surface area contributed by atoms with Crippen LogP contribution in [0.4, 0.5) is 0 Å². The van der Waals surface area contributed by atoms with Crippen LogP contribution in [0, 0.1) is 0 Å². The van der Waals surface area contributed by atoms with Gasteiger partial charge in [-0.1, -0.05) is 60.7 Å². The Labute approximate surface area is 182 Å². The first kappa shape index (κ1) is 22.1. The highest BCUT2D eigenvalue weighted by atomic mass is 16.5. The van der Waals surface area contributed by atoms with E-state index < -0.39 is 5.92 Å². The van der Waals surface area contributed by atoms with Crippen LogP contribution >= 0.6 is 0 Å². The Bertz CT molecular complexity index is 1010. The van der Waals surface area contributed by atoms with E-state index in [1.807, 2.05) is 60.7 Å². The SMILES string of the molecule is COC(=O)CCC(C(=O)c1cccc(OCc2ccccc2OC)c1)c1ccccc1. The molecule has 0 saturated carbocycles. The van der Waals surface area contributed by atoms with Crippen LogP contribution in [0.15, 0.2) is 78.9 Å². The van der Waals surface area contributed by atoms with E-state index in [2.05, 4.69) is 0 Å². The zero-order chi connectivity index (χ0) is 22.1. The smallest absolute Gasteiger partial charge is 0.305 e. The van der Waals surface area contributed by atoms with Gasteiger partial charge >= 0.3 is 5.97 Å². The molecule has 0 saturated heterocycles. The van der Waals surface area contributed by atoms with Crippen LogP contribution in [0.3, 0.4) is 0 Å². The second-order valence-corrected chi connectivity index (χ2v) is 7.07. The maximum Gasteiger partial charge on any atom is 0.305 e. The molecule has 0 amide bonds. The van der Waals surface area contributed by atoms with Crippen LogP contribution in [0.2, 0.25) is 0 Å². The second-order valence-electron chi connectivity index (χ2n) is 7.07. The molecule has 0 N–H and O–H groups in total. The van der Waals surface area contributed by atoms with Gasteiger partial charge in [-0.3, -0.25) is 9.59 Å². The Kier molecular flexibility index (Phi) is 7.82. The number of methoxy groups -OCH3 is 2. The highest BCUT2D eigenvalue weighted by Gasteiger charge is 2.23. The number of carbonyl (C=O) groups is 2. The molecule has 1 atom stereocenters. The first-order valence-corrected chi connectivity index (χ1v) is 10.1. The van der Waals surface area contributed by atoms with Crippen molar-refractivity contribution < 1.29 is 23.8 Å². The summed E-state index contributed by atoms with van der Waals surface area (Å²) in [6, 6.07) is 24.3. The molecule has 5 nitrogen and oxygen atoms in total. The standard InChI is InChI=1S/C26H26O5/c1-29-24-14-7-6-11-21(24)18-31-22-13-8-12-20(17-22)26(28)23(15-16-25(27)30-2)19-9-4-3-5-10-19/h3-14,17,23H,15-16,18H2,1-2H3. The topological polar surface area (TPSA) is 61.8 Å². The molecule has 3 rings (SSSR count). The molecule has 0 bridgehead atoms. The lowest BCUT2D eigenvalue weighted by Crippen LogP contribution is -2.15. The number of hydrogen-bond acceptors (Lipinski definition) is 5. The summed E-state index contributed by atoms with van der Waals surface area (Å²) < 4.78 is 16.0. The molecule has 0 heterocycles. The average molecular weight is 418 g/mol. The van der Waals surface area contributed by atoms with E-state index in [-0.39, 0.29) is 18.2 Å². The van der Waals surface area contributed by atoms with E-state index in [1.54, 1.807) is 25.3 Å². The number of esters is 1. The predicted octanol–water partition coefficient (Wildman–Crippen LogP) is 5.19. The van der Waals surface area contributed by atoms with Crippen molar-refractivity contribution in [1.29, 1.82) is 0 Å². The van der Waals surface area contributed by atoms with Gasteiger partial charge in [0, 0.05) is 23.5 Å². The van der Waals surface area contributed by atoms with Gasteiger partial charge in [-0.05, 0) is 30.2 Å². The first-order valence-electron chi connectivity index (χ1n) is 10.1. The molecule has 3 aromatic rings. The van der Waals surface area contributed by atoms with Gasteiger partial charge in [-0.2, -0.15) is 0 Å². The lowest BCUT2D eigenvalue weighted by atomic mass is 9.87. The van der Waals surface area contributed by atoms with E-state index in [0.29, 0.717) is 24.3 Å². The molecule has 0 aliphatic rings. The first-order chi connectivity index (χ1) is 15.1. The van der Waals surface area contributed by atoms with Gasteiger partial charge in [0.25, 0.3) is 0 Å². The van der Waals surface area contributed by atoms with E-state index in [4.69, 9.17) is 14.2 Å². The van der Waals surface area contributed by atoms with Gasteiger partial charge in [-0.25, -0.2) is 0 Å². The van der Waals surface area contributed by atoms with Crippen molar-refractivity contribution in [2.24, 2.45) is 0 Å².